The Hall–Kier alpha value is -0.860. The molecule has 0 aliphatic rings. The number of aryl methyl sites for hydroxylation is 1. The summed E-state index contributed by atoms with van der Waals surface area (Å²) < 4.78 is 1.97. The molecule has 1 aromatic heterocycles. The maximum atomic E-state index is 4.14. The minimum Gasteiger partial charge on any atom is -0.247 e. The van der Waals surface area contributed by atoms with E-state index < -0.39 is 0 Å². The first-order chi connectivity index (χ1) is 6.21. The number of aromatic nitrogens is 3. The topological polar surface area (TPSA) is 30.7 Å². The molecule has 0 N–H and O–H groups in total. The third kappa shape index (κ3) is 2.82. The van der Waals surface area contributed by atoms with Crippen LogP contribution in [0.4, 0.5) is 0 Å². The highest BCUT2D eigenvalue weighted by molar-refractivity contribution is 4.92. The standard InChI is InChI=1S/C11H21N3/c1-9-7-14(13-12-9)11(5,6)8-10(2,3)4/h7H,8H2,1-6H3. The Bertz CT molecular complexity index is 305. The van der Waals surface area contributed by atoms with Crippen molar-refractivity contribution in [3.8, 4) is 0 Å². The molecule has 0 spiro atoms. The second kappa shape index (κ2) is 3.37. The Morgan fingerprint density at radius 1 is 1.21 bits per heavy atom. The van der Waals surface area contributed by atoms with Crippen LogP contribution >= 0.6 is 0 Å². The molecule has 0 aliphatic carbocycles. The van der Waals surface area contributed by atoms with Crippen LogP contribution in [0.25, 0.3) is 0 Å². The lowest BCUT2D eigenvalue weighted by Gasteiger charge is -2.32. The third-order valence-corrected chi connectivity index (χ3v) is 2.19. The number of rotatable bonds is 2. The Balaban J connectivity index is 2.85. The summed E-state index contributed by atoms with van der Waals surface area (Å²) in [6.07, 6.45) is 3.09. The number of hydrogen-bond donors (Lipinski definition) is 0. The van der Waals surface area contributed by atoms with Gasteiger partial charge in [0.15, 0.2) is 0 Å². The van der Waals surface area contributed by atoms with Crippen LogP contribution in [0.1, 0.15) is 46.7 Å². The van der Waals surface area contributed by atoms with Crippen molar-refractivity contribution in [2.75, 3.05) is 0 Å². The van der Waals surface area contributed by atoms with Crippen molar-refractivity contribution in [3.63, 3.8) is 0 Å². The molecule has 0 atom stereocenters. The summed E-state index contributed by atoms with van der Waals surface area (Å²) in [7, 11) is 0. The molecule has 0 amide bonds. The predicted octanol–water partition coefficient (Wildman–Crippen LogP) is 2.76. The molecule has 3 heteroatoms. The van der Waals surface area contributed by atoms with Crippen LogP contribution in [0, 0.1) is 12.3 Å². The molecule has 1 aromatic rings. The van der Waals surface area contributed by atoms with Crippen molar-refractivity contribution in [2.45, 2.75) is 53.5 Å². The van der Waals surface area contributed by atoms with E-state index in [1.165, 1.54) is 0 Å². The smallest absolute Gasteiger partial charge is 0.0796 e. The largest absolute Gasteiger partial charge is 0.247 e. The van der Waals surface area contributed by atoms with Crippen molar-refractivity contribution in [2.24, 2.45) is 5.41 Å². The fourth-order valence-corrected chi connectivity index (χ4v) is 2.02. The summed E-state index contributed by atoms with van der Waals surface area (Å²) >= 11 is 0. The summed E-state index contributed by atoms with van der Waals surface area (Å²) in [6, 6.07) is 0. The summed E-state index contributed by atoms with van der Waals surface area (Å²) in [5.41, 5.74) is 1.33. The van der Waals surface area contributed by atoms with E-state index in [1.54, 1.807) is 0 Å². The quantitative estimate of drug-likeness (QED) is 0.726. The van der Waals surface area contributed by atoms with Gasteiger partial charge >= 0.3 is 0 Å². The fraction of sp³-hybridized carbons (Fsp3) is 0.818. The molecular formula is C11H21N3. The van der Waals surface area contributed by atoms with E-state index in [9.17, 15) is 0 Å². The van der Waals surface area contributed by atoms with Crippen LogP contribution in [0.5, 0.6) is 0 Å². The lowest BCUT2D eigenvalue weighted by molar-refractivity contribution is 0.195. The summed E-state index contributed by atoms with van der Waals surface area (Å²) in [6.45, 7) is 13.1. The minimum absolute atomic E-state index is 0.0412. The van der Waals surface area contributed by atoms with Crippen molar-refractivity contribution < 1.29 is 0 Å². The van der Waals surface area contributed by atoms with Crippen LogP contribution in [0.3, 0.4) is 0 Å². The molecular weight excluding hydrogens is 174 g/mol. The normalized spacial score (nSPS) is 13.3. The zero-order valence-electron chi connectivity index (χ0n) is 10.1. The van der Waals surface area contributed by atoms with Crippen molar-refractivity contribution in [1.82, 2.24) is 15.0 Å². The Labute approximate surface area is 86.5 Å². The Morgan fingerprint density at radius 3 is 2.14 bits per heavy atom. The zero-order valence-corrected chi connectivity index (χ0v) is 10.1. The molecule has 1 heterocycles. The molecule has 80 valence electrons. The van der Waals surface area contributed by atoms with Gasteiger partial charge in [-0.1, -0.05) is 26.0 Å². The molecule has 0 saturated carbocycles. The second-order valence-corrected chi connectivity index (χ2v) is 5.85. The summed E-state index contributed by atoms with van der Waals surface area (Å²) in [5.74, 6) is 0. The van der Waals surface area contributed by atoms with Gasteiger partial charge in [-0.15, -0.1) is 5.10 Å². The fourth-order valence-electron chi connectivity index (χ4n) is 2.02. The minimum atomic E-state index is 0.0412. The highest BCUT2D eigenvalue weighted by Gasteiger charge is 2.27. The van der Waals surface area contributed by atoms with Gasteiger partial charge in [0.2, 0.25) is 0 Å². The van der Waals surface area contributed by atoms with Crippen LogP contribution in [-0.2, 0) is 5.54 Å². The maximum Gasteiger partial charge on any atom is 0.0796 e. The predicted molar refractivity (Wildman–Crippen MR) is 58.2 cm³/mol. The lowest BCUT2D eigenvalue weighted by Crippen LogP contribution is -2.31. The van der Waals surface area contributed by atoms with Gasteiger partial charge in [0.25, 0.3) is 0 Å². The lowest BCUT2D eigenvalue weighted by atomic mass is 9.82. The van der Waals surface area contributed by atoms with E-state index >= 15 is 0 Å². The zero-order chi connectivity index (χ0) is 11.0. The molecule has 1 rings (SSSR count). The number of hydrogen-bond acceptors (Lipinski definition) is 2. The van der Waals surface area contributed by atoms with E-state index in [1.807, 2.05) is 17.8 Å². The van der Waals surface area contributed by atoms with E-state index in [4.69, 9.17) is 0 Å². The van der Waals surface area contributed by atoms with Gasteiger partial charge in [0, 0.05) is 6.20 Å². The first kappa shape index (κ1) is 11.2. The monoisotopic (exact) mass is 195 g/mol. The molecule has 0 saturated heterocycles. The molecule has 0 fully saturated rings. The van der Waals surface area contributed by atoms with Crippen molar-refractivity contribution >= 4 is 0 Å². The maximum absolute atomic E-state index is 4.14. The first-order valence-corrected chi connectivity index (χ1v) is 5.10. The van der Waals surface area contributed by atoms with Gasteiger partial charge in [0.05, 0.1) is 11.2 Å². The number of nitrogens with zero attached hydrogens (tertiary/aromatic N) is 3. The van der Waals surface area contributed by atoms with Gasteiger partial charge in [-0.2, -0.15) is 0 Å². The Morgan fingerprint density at radius 2 is 1.79 bits per heavy atom. The molecule has 0 aliphatic heterocycles. The second-order valence-electron chi connectivity index (χ2n) is 5.85. The van der Waals surface area contributed by atoms with Gasteiger partial charge in [-0.05, 0) is 32.6 Å². The SMILES string of the molecule is Cc1cn(C(C)(C)CC(C)(C)C)nn1. The average Bonchev–Trinajstić information content (AvgIpc) is 2.29. The van der Waals surface area contributed by atoms with Crippen molar-refractivity contribution in [3.05, 3.63) is 11.9 Å². The molecule has 3 nitrogen and oxygen atoms in total. The van der Waals surface area contributed by atoms with E-state index in [-0.39, 0.29) is 5.54 Å². The first-order valence-electron chi connectivity index (χ1n) is 5.10. The van der Waals surface area contributed by atoms with E-state index in [0.717, 1.165) is 12.1 Å². The molecule has 14 heavy (non-hydrogen) atoms. The van der Waals surface area contributed by atoms with Crippen LogP contribution in [0.15, 0.2) is 6.20 Å². The van der Waals surface area contributed by atoms with Crippen LogP contribution < -0.4 is 0 Å². The average molecular weight is 195 g/mol. The molecule has 0 unspecified atom stereocenters. The molecule has 0 radical (unpaired) electrons. The molecule has 0 bridgehead atoms. The van der Waals surface area contributed by atoms with Crippen LogP contribution in [0.2, 0.25) is 0 Å². The van der Waals surface area contributed by atoms with Gasteiger partial charge in [-0.3, -0.25) is 0 Å². The summed E-state index contributed by atoms with van der Waals surface area (Å²) in [4.78, 5) is 0. The molecule has 0 aromatic carbocycles. The van der Waals surface area contributed by atoms with E-state index in [2.05, 4.69) is 44.9 Å². The Kier molecular flexibility index (Phi) is 2.70. The van der Waals surface area contributed by atoms with Gasteiger partial charge in [-0.25, -0.2) is 4.68 Å². The van der Waals surface area contributed by atoms with Crippen LogP contribution in [-0.4, -0.2) is 15.0 Å². The highest BCUT2D eigenvalue weighted by atomic mass is 15.4. The highest BCUT2D eigenvalue weighted by Crippen LogP contribution is 2.31. The van der Waals surface area contributed by atoms with E-state index in [0.29, 0.717) is 5.41 Å². The van der Waals surface area contributed by atoms with Crippen molar-refractivity contribution in [1.29, 1.82) is 0 Å². The summed E-state index contributed by atoms with van der Waals surface area (Å²) in [5, 5.41) is 8.16. The third-order valence-electron chi connectivity index (χ3n) is 2.19. The van der Waals surface area contributed by atoms with Gasteiger partial charge in [0.1, 0.15) is 0 Å². The van der Waals surface area contributed by atoms with Gasteiger partial charge < -0.3 is 0 Å².